The highest BCUT2D eigenvalue weighted by atomic mass is 16.5. The fourth-order valence-corrected chi connectivity index (χ4v) is 3.83. The largest absolute Gasteiger partial charge is 0.493 e. The molecule has 0 spiro atoms. The fraction of sp³-hybridized carbons (Fsp3) is 0.346. The van der Waals surface area contributed by atoms with Gasteiger partial charge in [-0.3, -0.25) is 4.79 Å². The number of aromatic nitrogens is 1. The molecule has 1 heterocycles. The van der Waals surface area contributed by atoms with Crippen molar-refractivity contribution in [2.24, 2.45) is 0 Å². The van der Waals surface area contributed by atoms with Gasteiger partial charge in [-0.25, -0.2) is 0 Å². The molecule has 0 saturated carbocycles. The second kappa shape index (κ2) is 9.73. The van der Waals surface area contributed by atoms with Gasteiger partial charge in [-0.2, -0.15) is 0 Å². The lowest BCUT2D eigenvalue weighted by Crippen LogP contribution is -2.29. The minimum absolute atomic E-state index is 0.0405. The van der Waals surface area contributed by atoms with Gasteiger partial charge in [-0.15, -0.1) is 0 Å². The van der Waals surface area contributed by atoms with Gasteiger partial charge >= 0.3 is 0 Å². The zero-order chi connectivity index (χ0) is 22.5. The van der Waals surface area contributed by atoms with E-state index in [2.05, 4.69) is 54.9 Å². The molecule has 31 heavy (non-hydrogen) atoms. The van der Waals surface area contributed by atoms with Crippen LogP contribution < -0.4 is 14.8 Å². The predicted molar refractivity (Wildman–Crippen MR) is 125 cm³/mol. The van der Waals surface area contributed by atoms with Crippen LogP contribution in [0.15, 0.2) is 42.5 Å². The lowest BCUT2D eigenvalue weighted by atomic mass is 10.1. The lowest BCUT2D eigenvalue weighted by molar-refractivity contribution is 0.0944. The van der Waals surface area contributed by atoms with Gasteiger partial charge in [0, 0.05) is 18.8 Å². The maximum absolute atomic E-state index is 13.1. The van der Waals surface area contributed by atoms with Crippen molar-refractivity contribution in [2.45, 2.75) is 40.7 Å². The molecule has 0 saturated heterocycles. The van der Waals surface area contributed by atoms with Gasteiger partial charge in [-0.05, 0) is 68.5 Å². The molecule has 0 radical (unpaired) electrons. The van der Waals surface area contributed by atoms with Crippen molar-refractivity contribution in [3.05, 3.63) is 81.7 Å². The maximum atomic E-state index is 13.1. The van der Waals surface area contributed by atoms with E-state index in [1.807, 2.05) is 25.1 Å². The third-order valence-electron chi connectivity index (χ3n) is 5.96. The third-order valence-corrected chi connectivity index (χ3v) is 5.96. The van der Waals surface area contributed by atoms with E-state index in [0.717, 1.165) is 28.1 Å². The van der Waals surface area contributed by atoms with Crippen molar-refractivity contribution in [3.8, 4) is 11.5 Å². The molecule has 2 aromatic carbocycles. The maximum Gasteiger partial charge on any atom is 0.268 e. The molecule has 0 aliphatic carbocycles. The zero-order valence-corrected chi connectivity index (χ0v) is 19.3. The van der Waals surface area contributed by atoms with Crippen LogP contribution in [0.25, 0.3) is 0 Å². The molecule has 1 amide bonds. The number of rotatable bonds is 8. The minimum Gasteiger partial charge on any atom is -0.493 e. The molecule has 5 nitrogen and oxygen atoms in total. The van der Waals surface area contributed by atoms with E-state index >= 15 is 0 Å². The van der Waals surface area contributed by atoms with Gasteiger partial charge in [0.25, 0.3) is 5.91 Å². The summed E-state index contributed by atoms with van der Waals surface area (Å²) >= 11 is 0. The number of hydrogen-bond acceptors (Lipinski definition) is 3. The summed E-state index contributed by atoms with van der Waals surface area (Å²) in [5.41, 5.74) is 7.56. The molecule has 1 N–H and O–H groups in total. The number of hydrogen-bond donors (Lipinski definition) is 1. The Balaban J connectivity index is 1.74. The second-order valence-corrected chi connectivity index (χ2v) is 7.95. The molecule has 0 unspecified atom stereocenters. The van der Waals surface area contributed by atoms with Crippen LogP contribution in [0.3, 0.4) is 0 Å². The summed E-state index contributed by atoms with van der Waals surface area (Å²) in [5, 5.41) is 3.10. The van der Waals surface area contributed by atoms with Crippen molar-refractivity contribution in [3.63, 3.8) is 0 Å². The molecule has 0 atom stereocenters. The van der Waals surface area contributed by atoms with Crippen LogP contribution in [0.1, 0.15) is 44.0 Å². The molecule has 164 valence electrons. The lowest BCUT2D eigenvalue weighted by Gasteiger charge is -2.14. The smallest absolute Gasteiger partial charge is 0.268 e. The number of benzene rings is 2. The molecule has 1 aromatic heterocycles. The highest BCUT2D eigenvalue weighted by Crippen LogP contribution is 2.27. The highest BCUT2D eigenvalue weighted by Gasteiger charge is 2.20. The number of nitrogens with zero attached hydrogens (tertiary/aromatic N) is 1. The Morgan fingerprint density at radius 1 is 0.871 bits per heavy atom. The number of methoxy groups -OCH3 is 2. The van der Waals surface area contributed by atoms with Crippen molar-refractivity contribution < 1.29 is 14.3 Å². The van der Waals surface area contributed by atoms with Gasteiger partial charge in [0.2, 0.25) is 0 Å². The van der Waals surface area contributed by atoms with Crippen LogP contribution >= 0.6 is 0 Å². The first kappa shape index (κ1) is 22.5. The molecule has 0 bridgehead atoms. The molecule has 0 aliphatic rings. The Morgan fingerprint density at radius 3 is 2.16 bits per heavy atom. The summed E-state index contributed by atoms with van der Waals surface area (Å²) in [6, 6.07) is 14.3. The number of amides is 1. The highest BCUT2D eigenvalue weighted by molar-refractivity contribution is 5.95. The average molecular weight is 421 g/mol. The van der Waals surface area contributed by atoms with E-state index < -0.39 is 0 Å². The Kier molecular flexibility index (Phi) is 7.06. The summed E-state index contributed by atoms with van der Waals surface area (Å²) in [6.07, 6.45) is 0.710. The van der Waals surface area contributed by atoms with Crippen LogP contribution in [0.5, 0.6) is 11.5 Å². The Labute approximate surface area is 185 Å². The Hall–Kier alpha value is -3.21. The van der Waals surface area contributed by atoms with E-state index in [-0.39, 0.29) is 5.91 Å². The van der Waals surface area contributed by atoms with E-state index in [1.54, 1.807) is 14.2 Å². The van der Waals surface area contributed by atoms with Crippen molar-refractivity contribution in [2.75, 3.05) is 20.8 Å². The first-order valence-electron chi connectivity index (χ1n) is 10.6. The van der Waals surface area contributed by atoms with E-state index in [9.17, 15) is 4.79 Å². The quantitative estimate of drug-likeness (QED) is 0.572. The molecule has 5 heteroatoms. The molecular weight excluding hydrogens is 388 g/mol. The van der Waals surface area contributed by atoms with Crippen molar-refractivity contribution in [1.82, 2.24) is 9.88 Å². The summed E-state index contributed by atoms with van der Waals surface area (Å²) in [5.74, 6) is 1.35. The summed E-state index contributed by atoms with van der Waals surface area (Å²) < 4.78 is 12.8. The van der Waals surface area contributed by atoms with E-state index in [1.165, 1.54) is 11.1 Å². The Bertz CT molecular complexity index is 1070. The Morgan fingerprint density at radius 2 is 1.52 bits per heavy atom. The van der Waals surface area contributed by atoms with Gasteiger partial charge in [0.05, 0.1) is 14.2 Å². The summed E-state index contributed by atoms with van der Waals surface area (Å²) in [7, 11) is 3.24. The monoisotopic (exact) mass is 420 g/mol. The van der Waals surface area contributed by atoms with E-state index in [0.29, 0.717) is 31.0 Å². The van der Waals surface area contributed by atoms with Crippen LogP contribution in [0, 0.1) is 27.7 Å². The topological polar surface area (TPSA) is 52.5 Å². The van der Waals surface area contributed by atoms with Gasteiger partial charge in [0.15, 0.2) is 11.5 Å². The molecule has 3 rings (SSSR count). The van der Waals surface area contributed by atoms with Crippen LogP contribution in [0.4, 0.5) is 0 Å². The van der Waals surface area contributed by atoms with Crippen molar-refractivity contribution in [1.29, 1.82) is 0 Å². The van der Waals surface area contributed by atoms with Crippen LogP contribution in [-0.4, -0.2) is 31.2 Å². The third kappa shape index (κ3) is 4.93. The number of carbonyl (C=O) groups is 1. The standard InChI is InChI=1S/C26H32N2O3/c1-17-7-9-22(10-8-17)16-28-20(4)18(2)19(3)25(28)26(29)27-14-13-21-11-12-23(30-5)24(15-21)31-6/h7-12,15H,13-14,16H2,1-6H3,(H,27,29). The molecule has 0 fully saturated rings. The number of nitrogens with one attached hydrogen (secondary N) is 1. The molecule has 3 aromatic rings. The van der Waals surface area contributed by atoms with Crippen LogP contribution in [0.2, 0.25) is 0 Å². The molecular formula is C26H32N2O3. The summed E-state index contributed by atoms with van der Waals surface area (Å²) in [6.45, 7) is 9.49. The normalized spacial score (nSPS) is 10.8. The average Bonchev–Trinajstić information content (AvgIpc) is 2.98. The number of carbonyl (C=O) groups excluding carboxylic acids is 1. The van der Waals surface area contributed by atoms with E-state index in [4.69, 9.17) is 9.47 Å². The zero-order valence-electron chi connectivity index (χ0n) is 19.3. The number of ether oxygens (including phenoxy) is 2. The van der Waals surface area contributed by atoms with Crippen molar-refractivity contribution >= 4 is 5.91 Å². The number of aryl methyl sites for hydroxylation is 1. The van der Waals surface area contributed by atoms with Gasteiger partial charge in [0.1, 0.15) is 5.69 Å². The summed E-state index contributed by atoms with van der Waals surface area (Å²) in [4.78, 5) is 13.1. The fourth-order valence-electron chi connectivity index (χ4n) is 3.83. The van der Waals surface area contributed by atoms with Crippen LogP contribution in [-0.2, 0) is 13.0 Å². The minimum atomic E-state index is -0.0405. The SMILES string of the molecule is COc1ccc(CCNC(=O)c2c(C)c(C)c(C)n2Cc2ccc(C)cc2)cc1OC. The van der Waals surface area contributed by atoms with Gasteiger partial charge in [-0.1, -0.05) is 35.9 Å². The second-order valence-electron chi connectivity index (χ2n) is 7.95. The predicted octanol–water partition coefficient (Wildman–Crippen LogP) is 4.76. The van der Waals surface area contributed by atoms with Gasteiger partial charge < -0.3 is 19.4 Å². The first-order valence-corrected chi connectivity index (χ1v) is 10.6. The molecule has 0 aliphatic heterocycles. The first-order chi connectivity index (χ1) is 14.8.